The summed E-state index contributed by atoms with van der Waals surface area (Å²) in [4.78, 5) is 6.53. The number of hydrogen-bond donors (Lipinski definition) is 1. The lowest BCUT2D eigenvalue weighted by atomic mass is 9.97. The summed E-state index contributed by atoms with van der Waals surface area (Å²) in [6.45, 7) is 2.95. The highest BCUT2D eigenvalue weighted by Gasteiger charge is 2.26. The fourth-order valence-electron chi connectivity index (χ4n) is 4.68. The smallest absolute Gasteiger partial charge is 0.247 e. The summed E-state index contributed by atoms with van der Waals surface area (Å²) in [5.41, 5.74) is 4.83. The molecule has 6 rings (SSSR count). The Balaban J connectivity index is 1.24. The first-order valence-corrected chi connectivity index (χ1v) is 11.8. The molecule has 1 aliphatic heterocycles. The number of halogens is 1. The van der Waals surface area contributed by atoms with Crippen LogP contribution < -0.4 is 0 Å². The van der Waals surface area contributed by atoms with Gasteiger partial charge in [0.25, 0.3) is 0 Å². The minimum absolute atomic E-state index is 0.242. The minimum atomic E-state index is 0.242. The number of nitrogens with zero attached hydrogens (tertiary/aromatic N) is 5. The standard InChI is InChI=1S/C26H23ClN6O/c27-23-14-18(10-11-28-23)24-21-13-19(8-9-22(21)29-30-24)25-31-32-26(34-25)20-7-4-12-33(16-20)15-17-5-2-1-3-6-17/h1-3,5-6,8-11,13-14,20H,4,7,12,15-16H2,(H,29,30). The molecule has 1 unspecified atom stereocenters. The maximum Gasteiger partial charge on any atom is 0.247 e. The van der Waals surface area contributed by atoms with Gasteiger partial charge in [-0.2, -0.15) is 5.10 Å². The molecule has 1 fully saturated rings. The van der Waals surface area contributed by atoms with Crippen molar-refractivity contribution < 1.29 is 4.42 Å². The van der Waals surface area contributed by atoms with Crippen LogP contribution in [0.5, 0.6) is 0 Å². The molecule has 34 heavy (non-hydrogen) atoms. The second kappa shape index (κ2) is 9.00. The maximum absolute atomic E-state index is 6.19. The monoisotopic (exact) mass is 470 g/mol. The highest BCUT2D eigenvalue weighted by molar-refractivity contribution is 6.29. The molecule has 0 spiro atoms. The number of aromatic nitrogens is 5. The van der Waals surface area contributed by atoms with Crippen LogP contribution in [0, 0.1) is 0 Å². The van der Waals surface area contributed by atoms with Crippen molar-refractivity contribution in [1.82, 2.24) is 30.3 Å². The predicted molar refractivity (Wildman–Crippen MR) is 131 cm³/mol. The highest BCUT2D eigenvalue weighted by atomic mass is 35.5. The number of H-pyrrole nitrogens is 1. The van der Waals surface area contributed by atoms with Crippen molar-refractivity contribution >= 4 is 22.5 Å². The lowest BCUT2D eigenvalue weighted by Gasteiger charge is -2.31. The molecule has 0 aliphatic carbocycles. The molecule has 8 heteroatoms. The molecule has 1 N–H and O–H groups in total. The number of likely N-dealkylation sites (tertiary alicyclic amines) is 1. The zero-order valence-electron chi connectivity index (χ0n) is 18.5. The fourth-order valence-corrected chi connectivity index (χ4v) is 4.85. The second-order valence-electron chi connectivity index (χ2n) is 8.71. The highest BCUT2D eigenvalue weighted by Crippen LogP contribution is 2.33. The lowest BCUT2D eigenvalue weighted by Crippen LogP contribution is -2.34. The summed E-state index contributed by atoms with van der Waals surface area (Å²) < 4.78 is 6.19. The van der Waals surface area contributed by atoms with Gasteiger partial charge in [-0.3, -0.25) is 10.00 Å². The third-order valence-electron chi connectivity index (χ3n) is 6.35. The van der Waals surface area contributed by atoms with Crippen molar-refractivity contribution in [3.8, 4) is 22.7 Å². The second-order valence-corrected chi connectivity index (χ2v) is 9.09. The molecule has 1 aliphatic rings. The maximum atomic E-state index is 6.19. The minimum Gasteiger partial charge on any atom is -0.420 e. The van der Waals surface area contributed by atoms with Crippen LogP contribution in [0.25, 0.3) is 33.6 Å². The first-order valence-electron chi connectivity index (χ1n) is 11.4. The van der Waals surface area contributed by atoms with Gasteiger partial charge in [-0.15, -0.1) is 10.2 Å². The van der Waals surface area contributed by atoms with E-state index in [9.17, 15) is 0 Å². The van der Waals surface area contributed by atoms with Crippen molar-refractivity contribution in [1.29, 1.82) is 0 Å². The number of nitrogens with one attached hydrogen (secondary N) is 1. The average Bonchev–Trinajstić information content (AvgIpc) is 3.52. The van der Waals surface area contributed by atoms with Crippen molar-refractivity contribution in [3.63, 3.8) is 0 Å². The van der Waals surface area contributed by atoms with E-state index < -0.39 is 0 Å². The van der Waals surface area contributed by atoms with Crippen molar-refractivity contribution in [2.75, 3.05) is 13.1 Å². The van der Waals surface area contributed by atoms with Crippen LogP contribution in [0.2, 0.25) is 5.15 Å². The van der Waals surface area contributed by atoms with Gasteiger partial charge in [0, 0.05) is 35.8 Å². The van der Waals surface area contributed by atoms with E-state index in [1.54, 1.807) is 12.3 Å². The molecule has 0 bridgehead atoms. The van der Waals surface area contributed by atoms with Crippen molar-refractivity contribution in [2.45, 2.75) is 25.3 Å². The first kappa shape index (κ1) is 21.0. The van der Waals surface area contributed by atoms with E-state index >= 15 is 0 Å². The van der Waals surface area contributed by atoms with E-state index in [1.165, 1.54) is 5.56 Å². The van der Waals surface area contributed by atoms with Crippen LogP contribution in [-0.2, 0) is 6.54 Å². The van der Waals surface area contributed by atoms with Gasteiger partial charge in [0.05, 0.1) is 11.4 Å². The number of aromatic amines is 1. The average molecular weight is 471 g/mol. The molecule has 0 saturated carbocycles. The van der Waals surface area contributed by atoms with Gasteiger partial charge in [0.15, 0.2) is 0 Å². The van der Waals surface area contributed by atoms with Crippen LogP contribution >= 0.6 is 11.6 Å². The van der Waals surface area contributed by atoms with E-state index in [4.69, 9.17) is 16.0 Å². The Bertz CT molecular complexity index is 1430. The molecule has 0 amide bonds. The SMILES string of the molecule is Clc1cc(-c2n[nH]c3ccc(-c4nnc(C5CCCN(Cc6ccccc6)C5)o4)cc23)ccn1. The number of hydrogen-bond acceptors (Lipinski definition) is 6. The normalized spacial score (nSPS) is 16.8. The summed E-state index contributed by atoms with van der Waals surface area (Å²) >= 11 is 6.09. The summed E-state index contributed by atoms with van der Waals surface area (Å²) in [6, 6.07) is 20.3. The van der Waals surface area contributed by atoms with Gasteiger partial charge in [-0.05, 0) is 55.3 Å². The molecule has 170 valence electrons. The Morgan fingerprint density at radius 1 is 1.03 bits per heavy atom. The van der Waals surface area contributed by atoms with E-state index in [0.717, 1.165) is 60.2 Å². The van der Waals surface area contributed by atoms with E-state index in [0.29, 0.717) is 16.9 Å². The topological polar surface area (TPSA) is 83.7 Å². The zero-order chi connectivity index (χ0) is 22.9. The summed E-state index contributed by atoms with van der Waals surface area (Å²) in [5.74, 6) is 1.48. The quantitative estimate of drug-likeness (QED) is 0.331. The van der Waals surface area contributed by atoms with Gasteiger partial charge < -0.3 is 4.42 Å². The first-order chi connectivity index (χ1) is 16.7. The summed E-state index contributed by atoms with van der Waals surface area (Å²) in [7, 11) is 0. The summed E-state index contributed by atoms with van der Waals surface area (Å²) in [6.07, 6.45) is 3.85. The van der Waals surface area contributed by atoms with E-state index in [2.05, 4.69) is 60.6 Å². The van der Waals surface area contributed by atoms with Gasteiger partial charge in [0.2, 0.25) is 11.8 Å². The molecule has 0 radical (unpaired) electrons. The largest absolute Gasteiger partial charge is 0.420 e. The van der Waals surface area contributed by atoms with E-state index in [1.807, 2.05) is 24.3 Å². The summed E-state index contributed by atoms with van der Waals surface area (Å²) in [5, 5.41) is 17.8. The molecule has 2 aromatic carbocycles. The third-order valence-corrected chi connectivity index (χ3v) is 6.56. The van der Waals surface area contributed by atoms with Gasteiger partial charge in [-0.25, -0.2) is 4.98 Å². The van der Waals surface area contributed by atoms with Crippen molar-refractivity contribution in [3.05, 3.63) is 83.5 Å². The van der Waals surface area contributed by atoms with Crippen LogP contribution in [0.4, 0.5) is 0 Å². The van der Waals surface area contributed by atoms with Crippen LogP contribution in [0.1, 0.15) is 30.2 Å². The van der Waals surface area contributed by atoms with Crippen LogP contribution in [0.15, 0.2) is 71.3 Å². The van der Waals surface area contributed by atoms with Gasteiger partial charge in [-0.1, -0.05) is 41.9 Å². The van der Waals surface area contributed by atoms with Crippen molar-refractivity contribution in [2.24, 2.45) is 0 Å². The number of benzene rings is 2. The van der Waals surface area contributed by atoms with Gasteiger partial charge >= 0.3 is 0 Å². The molecule has 4 heterocycles. The Morgan fingerprint density at radius 3 is 2.82 bits per heavy atom. The fraction of sp³-hybridized carbons (Fsp3) is 0.231. The molecule has 1 saturated heterocycles. The molecule has 3 aromatic heterocycles. The molecule has 7 nitrogen and oxygen atoms in total. The number of piperidine rings is 1. The Kier molecular flexibility index (Phi) is 5.57. The van der Waals surface area contributed by atoms with Crippen LogP contribution in [-0.4, -0.2) is 43.4 Å². The van der Waals surface area contributed by atoms with Crippen LogP contribution in [0.3, 0.4) is 0 Å². The number of fused-ring (bicyclic) bond motifs is 1. The van der Waals surface area contributed by atoms with E-state index in [-0.39, 0.29) is 5.92 Å². The predicted octanol–water partition coefficient (Wildman–Crippen LogP) is 5.71. The Morgan fingerprint density at radius 2 is 1.94 bits per heavy atom. The number of rotatable bonds is 5. The zero-order valence-corrected chi connectivity index (χ0v) is 19.2. The lowest BCUT2D eigenvalue weighted by molar-refractivity contribution is 0.186. The molecule has 5 aromatic rings. The molecular formula is C26H23ClN6O. The molecule has 1 atom stereocenters. The Hall–Kier alpha value is -3.55. The number of pyridine rings is 1. The van der Waals surface area contributed by atoms with Gasteiger partial charge in [0.1, 0.15) is 10.8 Å². The Labute approximate surface area is 201 Å². The third kappa shape index (κ3) is 4.20. The molecular weight excluding hydrogens is 448 g/mol.